The van der Waals surface area contributed by atoms with E-state index in [1.54, 1.807) is 0 Å². The second-order valence-electron chi connectivity index (χ2n) is 4.70. The normalized spacial score (nSPS) is 16.6. The molecule has 3 nitrogen and oxygen atoms in total. The molecule has 0 atom stereocenters. The highest BCUT2D eigenvalue weighted by atomic mass is 79.9. The van der Waals surface area contributed by atoms with Crippen LogP contribution in [0.4, 0.5) is 0 Å². The first kappa shape index (κ1) is 15.3. The van der Waals surface area contributed by atoms with Crippen molar-refractivity contribution >= 4 is 31.9 Å². The molecule has 1 aromatic rings. The summed E-state index contributed by atoms with van der Waals surface area (Å²) in [4.78, 5) is 0. The standard InChI is InChI=1S/C14H20Br2N2O/c1-2-19-14-12(15)8-11(9-13(14)16)10-17-18-6-4-3-5-7-18/h8-9,17H,2-7,10H2,1H3. The van der Waals surface area contributed by atoms with E-state index < -0.39 is 0 Å². The molecule has 1 aliphatic rings. The lowest BCUT2D eigenvalue weighted by atomic mass is 10.2. The molecule has 0 bridgehead atoms. The van der Waals surface area contributed by atoms with E-state index in [0.717, 1.165) is 34.3 Å². The van der Waals surface area contributed by atoms with Gasteiger partial charge in [-0.1, -0.05) is 6.42 Å². The van der Waals surface area contributed by atoms with Crippen LogP contribution in [0.5, 0.6) is 5.75 Å². The Bertz CT molecular complexity index is 397. The molecular formula is C14H20Br2N2O. The second kappa shape index (κ2) is 7.62. The van der Waals surface area contributed by atoms with E-state index in [0.29, 0.717) is 6.61 Å². The molecular weight excluding hydrogens is 372 g/mol. The zero-order valence-corrected chi connectivity index (χ0v) is 14.4. The molecule has 1 N–H and O–H groups in total. The minimum absolute atomic E-state index is 0.669. The topological polar surface area (TPSA) is 24.5 Å². The molecule has 5 heteroatoms. The third-order valence-electron chi connectivity index (χ3n) is 3.21. The number of hydrogen-bond acceptors (Lipinski definition) is 3. The smallest absolute Gasteiger partial charge is 0.147 e. The Morgan fingerprint density at radius 1 is 1.16 bits per heavy atom. The van der Waals surface area contributed by atoms with Crippen molar-refractivity contribution in [3.8, 4) is 5.75 Å². The zero-order valence-electron chi connectivity index (χ0n) is 11.2. The van der Waals surface area contributed by atoms with Crippen LogP contribution >= 0.6 is 31.9 Å². The molecule has 1 aliphatic heterocycles. The number of nitrogens with one attached hydrogen (secondary N) is 1. The lowest BCUT2D eigenvalue weighted by molar-refractivity contribution is 0.151. The Kier molecular flexibility index (Phi) is 6.13. The van der Waals surface area contributed by atoms with Gasteiger partial charge in [0.15, 0.2) is 0 Å². The Labute approximate surface area is 131 Å². The quantitative estimate of drug-likeness (QED) is 0.817. The maximum atomic E-state index is 5.59. The summed E-state index contributed by atoms with van der Waals surface area (Å²) in [5, 5.41) is 2.32. The van der Waals surface area contributed by atoms with Gasteiger partial charge in [-0.05, 0) is 69.3 Å². The third kappa shape index (κ3) is 4.45. The summed E-state index contributed by atoms with van der Waals surface area (Å²) in [5.74, 6) is 0.879. The number of halogens is 2. The van der Waals surface area contributed by atoms with E-state index in [-0.39, 0.29) is 0 Å². The van der Waals surface area contributed by atoms with Crippen molar-refractivity contribution in [2.24, 2.45) is 0 Å². The molecule has 19 heavy (non-hydrogen) atoms. The Balaban J connectivity index is 1.96. The van der Waals surface area contributed by atoms with Crippen LogP contribution in [-0.4, -0.2) is 24.7 Å². The summed E-state index contributed by atoms with van der Waals surface area (Å²) >= 11 is 7.14. The van der Waals surface area contributed by atoms with Gasteiger partial charge in [0.1, 0.15) is 5.75 Å². The van der Waals surface area contributed by atoms with Crippen molar-refractivity contribution in [3.63, 3.8) is 0 Å². The summed E-state index contributed by atoms with van der Waals surface area (Å²) in [6.07, 6.45) is 3.95. The molecule has 0 unspecified atom stereocenters. The van der Waals surface area contributed by atoms with Crippen LogP contribution in [-0.2, 0) is 6.54 Å². The average Bonchev–Trinajstić information content (AvgIpc) is 2.42. The van der Waals surface area contributed by atoms with Gasteiger partial charge in [0.05, 0.1) is 15.6 Å². The number of hydrogen-bond donors (Lipinski definition) is 1. The van der Waals surface area contributed by atoms with Crippen molar-refractivity contribution in [1.82, 2.24) is 10.4 Å². The van der Waals surface area contributed by atoms with E-state index in [1.165, 1.54) is 24.8 Å². The van der Waals surface area contributed by atoms with Gasteiger partial charge in [-0.2, -0.15) is 0 Å². The number of piperidine rings is 1. The van der Waals surface area contributed by atoms with Crippen LogP contribution < -0.4 is 10.2 Å². The first-order valence-electron chi connectivity index (χ1n) is 6.80. The Morgan fingerprint density at radius 2 is 1.79 bits per heavy atom. The lowest BCUT2D eigenvalue weighted by Gasteiger charge is -2.27. The molecule has 1 aromatic carbocycles. The fraction of sp³-hybridized carbons (Fsp3) is 0.571. The van der Waals surface area contributed by atoms with Crippen LogP contribution in [0.3, 0.4) is 0 Å². The van der Waals surface area contributed by atoms with Gasteiger partial charge in [-0.25, -0.2) is 5.01 Å². The van der Waals surface area contributed by atoms with Gasteiger partial charge < -0.3 is 4.74 Å². The summed E-state index contributed by atoms with van der Waals surface area (Å²) in [6, 6.07) is 4.24. The molecule has 0 aliphatic carbocycles. The van der Waals surface area contributed by atoms with Crippen LogP contribution in [0.1, 0.15) is 31.7 Å². The lowest BCUT2D eigenvalue weighted by Crippen LogP contribution is -2.41. The Morgan fingerprint density at radius 3 is 2.37 bits per heavy atom. The summed E-state index contributed by atoms with van der Waals surface area (Å²) < 4.78 is 7.59. The van der Waals surface area contributed by atoms with Gasteiger partial charge in [0.25, 0.3) is 0 Å². The molecule has 1 saturated heterocycles. The van der Waals surface area contributed by atoms with E-state index in [4.69, 9.17) is 4.74 Å². The molecule has 0 spiro atoms. The Hall–Kier alpha value is -0.100. The average molecular weight is 392 g/mol. The maximum absolute atomic E-state index is 5.59. The van der Waals surface area contributed by atoms with Gasteiger partial charge in [0.2, 0.25) is 0 Å². The first-order valence-corrected chi connectivity index (χ1v) is 8.38. The van der Waals surface area contributed by atoms with Crippen LogP contribution in [0.2, 0.25) is 0 Å². The number of hydrazine groups is 1. The molecule has 106 valence electrons. The van der Waals surface area contributed by atoms with Gasteiger partial charge in [-0.15, -0.1) is 0 Å². The van der Waals surface area contributed by atoms with Crippen molar-refractivity contribution < 1.29 is 4.74 Å². The fourth-order valence-electron chi connectivity index (χ4n) is 2.25. The van der Waals surface area contributed by atoms with E-state index in [2.05, 4.69) is 54.4 Å². The number of rotatable bonds is 5. The van der Waals surface area contributed by atoms with E-state index >= 15 is 0 Å². The monoisotopic (exact) mass is 390 g/mol. The minimum atomic E-state index is 0.669. The summed E-state index contributed by atoms with van der Waals surface area (Å²) in [6.45, 7) is 5.82. The molecule has 2 rings (SSSR count). The van der Waals surface area contributed by atoms with Crippen LogP contribution in [0, 0.1) is 0 Å². The molecule has 0 radical (unpaired) electrons. The van der Waals surface area contributed by atoms with E-state index in [1.807, 2.05) is 6.92 Å². The van der Waals surface area contributed by atoms with Crippen molar-refractivity contribution in [2.45, 2.75) is 32.7 Å². The SMILES string of the molecule is CCOc1c(Br)cc(CNN2CCCCC2)cc1Br. The predicted octanol–water partition coefficient (Wildman–Crippen LogP) is 4.10. The minimum Gasteiger partial charge on any atom is -0.492 e. The third-order valence-corrected chi connectivity index (χ3v) is 4.39. The number of nitrogens with zero attached hydrogens (tertiary/aromatic N) is 1. The van der Waals surface area contributed by atoms with Gasteiger partial charge in [0, 0.05) is 19.6 Å². The van der Waals surface area contributed by atoms with Crippen LogP contribution in [0.25, 0.3) is 0 Å². The predicted molar refractivity (Wildman–Crippen MR) is 85.3 cm³/mol. The van der Waals surface area contributed by atoms with E-state index in [9.17, 15) is 0 Å². The molecule has 1 fully saturated rings. The fourth-order valence-corrected chi connectivity index (χ4v) is 3.76. The number of ether oxygens (including phenoxy) is 1. The van der Waals surface area contributed by atoms with Crippen molar-refractivity contribution in [2.75, 3.05) is 19.7 Å². The van der Waals surface area contributed by atoms with Crippen LogP contribution in [0.15, 0.2) is 21.1 Å². The molecule has 0 saturated carbocycles. The highest BCUT2D eigenvalue weighted by Gasteiger charge is 2.11. The summed E-state index contributed by atoms with van der Waals surface area (Å²) in [7, 11) is 0. The highest BCUT2D eigenvalue weighted by Crippen LogP contribution is 2.34. The zero-order chi connectivity index (χ0) is 13.7. The van der Waals surface area contributed by atoms with Crippen molar-refractivity contribution in [1.29, 1.82) is 0 Å². The molecule has 0 aromatic heterocycles. The summed E-state index contributed by atoms with van der Waals surface area (Å²) in [5.41, 5.74) is 4.74. The van der Waals surface area contributed by atoms with Crippen molar-refractivity contribution in [3.05, 3.63) is 26.6 Å². The molecule has 1 heterocycles. The second-order valence-corrected chi connectivity index (χ2v) is 6.41. The van der Waals surface area contributed by atoms with Gasteiger partial charge >= 0.3 is 0 Å². The molecule has 0 amide bonds. The van der Waals surface area contributed by atoms with Gasteiger partial charge in [-0.3, -0.25) is 5.43 Å². The highest BCUT2D eigenvalue weighted by molar-refractivity contribution is 9.11. The first-order chi connectivity index (χ1) is 9.20. The number of benzene rings is 1. The largest absolute Gasteiger partial charge is 0.492 e. The maximum Gasteiger partial charge on any atom is 0.147 e.